The van der Waals surface area contributed by atoms with E-state index in [0.29, 0.717) is 18.2 Å². The molecule has 4 aromatic carbocycles. The van der Waals surface area contributed by atoms with Gasteiger partial charge in [-0.1, -0.05) is 0 Å². The number of hydrogen-bond acceptors (Lipinski definition) is 22. The number of rotatable bonds is 1. The minimum absolute atomic E-state index is 0.403. The van der Waals surface area contributed by atoms with Crippen molar-refractivity contribution in [2.24, 2.45) is 0 Å². The van der Waals surface area contributed by atoms with Crippen LogP contribution in [0.2, 0.25) is 0 Å². The summed E-state index contributed by atoms with van der Waals surface area (Å²) in [6.45, 7) is -1.31. The zero-order valence-electron chi connectivity index (χ0n) is 27.4. The number of carbonyl (C=O) groups is 4. The Balaban J connectivity index is 1.48. The van der Waals surface area contributed by atoms with E-state index in [1.165, 1.54) is 0 Å². The first-order valence-electron chi connectivity index (χ1n) is 15.6. The Labute approximate surface area is 307 Å². The van der Waals surface area contributed by atoms with E-state index in [9.17, 15) is 90.7 Å². The number of carbonyl (C=O) groups excluding carboxylic acids is 4. The van der Waals surface area contributed by atoms with Crippen molar-refractivity contribution in [1.82, 2.24) is 0 Å². The molecule has 0 radical (unpaired) electrons. The summed E-state index contributed by atoms with van der Waals surface area (Å²) in [5.74, 6) is -22.9. The Morgan fingerprint density at radius 3 is 1.29 bits per heavy atom. The highest BCUT2D eigenvalue weighted by molar-refractivity contribution is 6.11. The number of ether oxygens (including phenoxy) is 4. The van der Waals surface area contributed by atoms with Gasteiger partial charge in [-0.2, -0.15) is 0 Å². The zero-order valence-corrected chi connectivity index (χ0v) is 27.4. The standard InChI is InChI=1S/C34H24O22/c35-8-1-5-12(21(42)18(8)39)13-6(2-9(36)19(40)22(13)43)32(50)54-28(11(38)4-53-31(5)49)30-29-26(47)17-16(34(52)55-29)15(24(45)27(48)25(17)46)14-7(33(51)56-30)3-10(37)20(41)23(14)44/h1-3,11,26,28-30,35-48H,4H2/t11?,26-,28-,29+,30-/m1/s1. The lowest BCUT2D eigenvalue weighted by molar-refractivity contribution is -0.153. The fraction of sp³-hybridized carbons (Fsp3) is 0.176. The predicted molar refractivity (Wildman–Crippen MR) is 173 cm³/mol. The summed E-state index contributed by atoms with van der Waals surface area (Å²) >= 11 is 0. The maximum atomic E-state index is 14.1. The Morgan fingerprint density at radius 1 is 0.411 bits per heavy atom. The lowest BCUT2D eigenvalue weighted by atomic mass is 9.82. The van der Waals surface area contributed by atoms with Crippen molar-refractivity contribution >= 4 is 23.9 Å². The Morgan fingerprint density at radius 2 is 0.804 bits per heavy atom. The van der Waals surface area contributed by atoms with E-state index >= 15 is 0 Å². The first kappa shape index (κ1) is 36.6. The molecule has 0 fully saturated rings. The molecule has 4 aromatic rings. The molecular formula is C34H24O22. The van der Waals surface area contributed by atoms with Gasteiger partial charge in [-0.3, -0.25) is 0 Å². The van der Waals surface area contributed by atoms with Gasteiger partial charge in [0, 0.05) is 27.8 Å². The predicted octanol–water partition coefficient (Wildman–Crippen LogP) is 0.356. The molecule has 4 heterocycles. The van der Waals surface area contributed by atoms with Crippen molar-refractivity contribution in [3.8, 4) is 91.2 Å². The minimum atomic E-state index is -2.55. The summed E-state index contributed by atoms with van der Waals surface area (Å²) in [5.41, 5.74) is -9.23. The Bertz CT molecular complexity index is 2470. The molecule has 292 valence electrons. The van der Waals surface area contributed by atoms with Crippen LogP contribution in [-0.4, -0.2) is 126 Å². The highest BCUT2D eigenvalue weighted by Gasteiger charge is 2.53. The Kier molecular flexibility index (Phi) is 8.13. The van der Waals surface area contributed by atoms with Crippen molar-refractivity contribution in [2.45, 2.75) is 30.5 Å². The van der Waals surface area contributed by atoms with E-state index in [1.54, 1.807) is 0 Å². The van der Waals surface area contributed by atoms with Gasteiger partial charge in [-0.25, -0.2) is 19.2 Å². The van der Waals surface area contributed by atoms with Crippen LogP contribution in [0.1, 0.15) is 53.1 Å². The number of fused-ring (bicyclic) bond motifs is 6. The van der Waals surface area contributed by atoms with Crippen molar-refractivity contribution in [2.75, 3.05) is 6.61 Å². The van der Waals surface area contributed by atoms with Gasteiger partial charge in [0.2, 0.25) is 23.0 Å². The molecule has 56 heavy (non-hydrogen) atoms. The smallest absolute Gasteiger partial charge is 0.339 e. The van der Waals surface area contributed by atoms with Crippen molar-refractivity contribution in [3.05, 3.63) is 46.0 Å². The second-order valence-electron chi connectivity index (χ2n) is 12.5. The van der Waals surface area contributed by atoms with Crippen LogP contribution < -0.4 is 0 Å². The summed E-state index contributed by atoms with van der Waals surface area (Å²) in [6.07, 6.45) is -12.4. The minimum Gasteiger partial charge on any atom is -0.504 e. The van der Waals surface area contributed by atoms with Gasteiger partial charge in [0.25, 0.3) is 0 Å². The molecule has 0 aliphatic carbocycles. The van der Waals surface area contributed by atoms with E-state index in [1.807, 2.05) is 0 Å². The second-order valence-corrected chi connectivity index (χ2v) is 12.5. The summed E-state index contributed by atoms with van der Waals surface area (Å²) in [6, 6.07) is 1.33. The molecule has 22 nitrogen and oxygen atoms in total. The zero-order chi connectivity index (χ0) is 41.0. The third-order valence-electron chi connectivity index (χ3n) is 9.33. The Hall–Kier alpha value is -7.72. The van der Waals surface area contributed by atoms with Crippen LogP contribution in [0.3, 0.4) is 0 Å². The number of phenols is 12. The number of aliphatic hydroxyl groups is 2. The van der Waals surface area contributed by atoms with E-state index in [4.69, 9.17) is 18.9 Å². The third kappa shape index (κ3) is 5.03. The van der Waals surface area contributed by atoms with Crippen LogP contribution in [0.4, 0.5) is 0 Å². The van der Waals surface area contributed by atoms with Gasteiger partial charge in [0.1, 0.15) is 18.8 Å². The fourth-order valence-electron chi connectivity index (χ4n) is 6.70. The van der Waals surface area contributed by atoms with Gasteiger partial charge in [0.15, 0.2) is 64.3 Å². The van der Waals surface area contributed by atoms with E-state index in [0.717, 1.165) is 0 Å². The molecule has 0 spiro atoms. The van der Waals surface area contributed by atoms with Gasteiger partial charge in [-0.15, -0.1) is 0 Å². The lowest BCUT2D eigenvalue weighted by Gasteiger charge is -2.40. The highest BCUT2D eigenvalue weighted by Crippen LogP contribution is 2.58. The molecule has 0 saturated heterocycles. The highest BCUT2D eigenvalue weighted by atomic mass is 16.6. The molecule has 0 amide bonds. The largest absolute Gasteiger partial charge is 0.504 e. The molecule has 0 aromatic heterocycles. The third-order valence-corrected chi connectivity index (χ3v) is 9.33. The van der Waals surface area contributed by atoms with Gasteiger partial charge >= 0.3 is 23.9 Å². The monoisotopic (exact) mass is 784 g/mol. The van der Waals surface area contributed by atoms with Crippen LogP contribution in [0.15, 0.2) is 18.2 Å². The molecule has 4 aliphatic heterocycles. The summed E-state index contributed by atoms with van der Waals surface area (Å²) < 4.78 is 21.3. The normalized spacial score (nSPS) is 21.6. The van der Waals surface area contributed by atoms with Crippen molar-refractivity contribution in [1.29, 1.82) is 0 Å². The molecule has 14 N–H and O–H groups in total. The van der Waals surface area contributed by atoms with Crippen LogP contribution >= 0.6 is 0 Å². The van der Waals surface area contributed by atoms with Crippen molar-refractivity contribution < 1.29 is 110 Å². The average Bonchev–Trinajstić information content (AvgIpc) is 3.16. The first-order valence-corrected chi connectivity index (χ1v) is 15.6. The maximum Gasteiger partial charge on any atom is 0.339 e. The van der Waals surface area contributed by atoms with Gasteiger partial charge in [-0.05, 0) is 18.2 Å². The number of cyclic esters (lactones) is 2. The molecule has 1 unspecified atom stereocenters. The van der Waals surface area contributed by atoms with Gasteiger partial charge in [0.05, 0.1) is 22.3 Å². The van der Waals surface area contributed by atoms with E-state index < -0.39 is 180 Å². The maximum absolute atomic E-state index is 14.1. The topological polar surface area (TPSA) is 388 Å². The molecule has 8 rings (SSSR count). The molecule has 0 saturated carbocycles. The van der Waals surface area contributed by atoms with Crippen LogP contribution in [0, 0.1) is 0 Å². The number of benzene rings is 4. The second kappa shape index (κ2) is 12.4. The first-order chi connectivity index (χ1) is 26.3. The van der Waals surface area contributed by atoms with Crippen molar-refractivity contribution in [3.63, 3.8) is 0 Å². The number of phenolic OH excluding ortho intramolecular Hbond substituents is 12. The fourth-order valence-corrected chi connectivity index (χ4v) is 6.70. The van der Waals surface area contributed by atoms with E-state index in [2.05, 4.69) is 0 Å². The average molecular weight is 785 g/mol. The van der Waals surface area contributed by atoms with Crippen LogP contribution in [0.25, 0.3) is 22.3 Å². The summed E-state index contributed by atoms with van der Waals surface area (Å²) in [5, 5.41) is 150. The lowest BCUT2D eigenvalue weighted by Crippen LogP contribution is -2.55. The molecule has 5 atom stereocenters. The quantitative estimate of drug-likeness (QED) is 0.0703. The number of hydrogen-bond donors (Lipinski definition) is 14. The number of aliphatic hydroxyl groups excluding tert-OH is 2. The van der Waals surface area contributed by atoms with Gasteiger partial charge < -0.3 is 90.4 Å². The SMILES string of the molecule is O=C1OCC(O)[C@H]([C@H]2OC(=O)c3cc(O)c(O)c(O)c3-c3c(O)c(O)c(O)c4c3C(=O)O[C@H]2[C@@H]4O)OC(=O)c2cc(O)c(O)c(O)c2-c2c1cc(O)c(O)c2O. The summed E-state index contributed by atoms with van der Waals surface area (Å²) in [7, 11) is 0. The molecular weight excluding hydrogens is 760 g/mol. The van der Waals surface area contributed by atoms with Crippen LogP contribution in [0.5, 0.6) is 69.0 Å². The molecule has 4 aliphatic rings. The summed E-state index contributed by atoms with van der Waals surface area (Å²) in [4.78, 5) is 55.1. The number of esters is 4. The molecule has 4 bridgehead atoms. The number of aromatic hydroxyl groups is 12. The van der Waals surface area contributed by atoms with Crippen LogP contribution in [-0.2, 0) is 18.9 Å². The van der Waals surface area contributed by atoms with E-state index in [-0.39, 0.29) is 0 Å². The molecule has 22 heteroatoms.